The highest BCUT2D eigenvalue weighted by atomic mass is 16.5. The van der Waals surface area contributed by atoms with Gasteiger partial charge in [-0.3, -0.25) is 9.59 Å². The Hall–Kier alpha value is -3.02. The molecule has 2 rings (SSSR count). The van der Waals surface area contributed by atoms with Crippen LogP contribution in [0.1, 0.15) is 40.2 Å². The van der Waals surface area contributed by atoms with Gasteiger partial charge in [0.05, 0.1) is 14.2 Å². The molecule has 2 aromatic rings. The van der Waals surface area contributed by atoms with Crippen LogP contribution in [0.2, 0.25) is 0 Å². The average molecular weight is 399 g/mol. The predicted molar refractivity (Wildman–Crippen MR) is 116 cm³/mol. The highest BCUT2D eigenvalue weighted by Crippen LogP contribution is 2.32. The van der Waals surface area contributed by atoms with Gasteiger partial charge in [-0.05, 0) is 43.0 Å². The Balaban J connectivity index is 2.20. The Labute approximate surface area is 172 Å². The summed E-state index contributed by atoms with van der Waals surface area (Å²) in [6.07, 6.45) is 0. The zero-order valence-electron chi connectivity index (χ0n) is 18.2. The van der Waals surface area contributed by atoms with Crippen molar-refractivity contribution in [1.82, 2.24) is 0 Å². The monoisotopic (exact) mass is 398 g/mol. The summed E-state index contributed by atoms with van der Waals surface area (Å²) in [5.74, 6) is 0.246. The minimum Gasteiger partial charge on any atom is -0.493 e. The van der Waals surface area contributed by atoms with E-state index in [1.807, 2.05) is 24.3 Å². The Morgan fingerprint density at radius 3 is 1.97 bits per heavy atom. The fraction of sp³-hybridized carbons (Fsp3) is 0.391. The first-order valence-electron chi connectivity index (χ1n) is 9.45. The molecule has 0 radical (unpaired) electrons. The highest BCUT2D eigenvalue weighted by Gasteiger charge is 2.37. The largest absolute Gasteiger partial charge is 0.493 e. The number of methoxy groups -OCH3 is 2. The van der Waals surface area contributed by atoms with E-state index in [1.165, 1.54) is 7.11 Å². The summed E-state index contributed by atoms with van der Waals surface area (Å²) in [7, 11) is 3.06. The third-order valence-electron chi connectivity index (χ3n) is 4.76. The molecule has 2 amide bonds. The summed E-state index contributed by atoms with van der Waals surface area (Å²) in [6.45, 7) is 9.42. The third-order valence-corrected chi connectivity index (χ3v) is 4.76. The zero-order valence-corrected chi connectivity index (χ0v) is 18.2. The summed E-state index contributed by atoms with van der Waals surface area (Å²) in [5.41, 5.74) is 0.790. The number of nitrogens with one attached hydrogen (secondary N) is 2. The molecule has 0 unspecified atom stereocenters. The van der Waals surface area contributed by atoms with E-state index in [2.05, 4.69) is 31.4 Å². The summed E-state index contributed by atoms with van der Waals surface area (Å²) < 4.78 is 10.5. The minimum absolute atomic E-state index is 0.143. The fourth-order valence-electron chi connectivity index (χ4n) is 2.83. The number of ether oxygens (including phenoxy) is 2. The number of para-hydroxylation sites is 1. The molecular formula is C23H30N2O4. The lowest BCUT2D eigenvalue weighted by molar-refractivity contribution is -0.135. The van der Waals surface area contributed by atoms with E-state index in [0.29, 0.717) is 22.9 Å². The Bertz CT molecular complexity index is 898. The summed E-state index contributed by atoms with van der Waals surface area (Å²) in [4.78, 5) is 25.8. The SMILES string of the molecule is COc1ccc(NC(=O)C(C)(C)C(=O)Nc2ccccc2C(C)(C)C)cc1OC. The topological polar surface area (TPSA) is 76.7 Å². The molecule has 0 aliphatic carbocycles. The molecule has 0 atom stereocenters. The van der Waals surface area contributed by atoms with E-state index >= 15 is 0 Å². The number of benzene rings is 2. The molecule has 0 bridgehead atoms. The Morgan fingerprint density at radius 1 is 0.793 bits per heavy atom. The molecule has 0 spiro atoms. The normalized spacial score (nSPS) is 11.6. The summed E-state index contributed by atoms with van der Waals surface area (Å²) in [6, 6.07) is 12.7. The van der Waals surface area contributed by atoms with E-state index in [1.54, 1.807) is 39.2 Å². The van der Waals surface area contributed by atoms with Crippen molar-refractivity contribution in [3.05, 3.63) is 48.0 Å². The maximum absolute atomic E-state index is 13.0. The molecule has 6 nitrogen and oxygen atoms in total. The van der Waals surface area contributed by atoms with Gasteiger partial charge >= 0.3 is 0 Å². The molecule has 156 valence electrons. The molecule has 0 aliphatic rings. The van der Waals surface area contributed by atoms with Crippen molar-refractivity contribution in [3.8, 4) is 11.5 Å². The van der Waals surface area contributed by atoms with E-state index in [9.17, 15) is 9.59 Å². The van der Waals surface area contributed by atoms with Crippen LogP contribution in [-0.4, -0.2) is 26.0 Å². The molecule has 0 aliphatic heterocycles. The van der Waals surface area contributed by atoms with Crippen molar-refractivity contribution < 1.29 is 19.1 Å². The fourth-order valence-corrected chi connectivity index (χ4v) is 2.83. The van der Waals surface area contributed by atoms with Crippen LogP contribution in [0.25, 0.3) is 0 Å². The molecule has 0 aromatic heterocycles. The van der Waals surface area contributed by atoms with Crippen LogP contribution in [-0.2, 0) is 15.0 Å². The maximum atomic E-state index is 13.0. The van der Waals surface area contributed by atoms with Gasteiger partial charge in [-0.1, -0.05) is 39.0 Å². The minimum atomic E-state index is -1.29. The number of anilines is 2. The van der Waals surface area contributed by atoms with Crippen LogP contribution >= 0.6 is 0 Å². The molecule has 29 heavy (non-hydrogen) atoms. The number of carbonyl (C=O) groups excluding carboxylic acids is 2. The van der Waals surface area contributed by atoms with Crippen LogP contribution in [0.15, 0.2) is 42.5 Å². The van der Waals surface area contributed by atoms with Crippen molar-refractivity contribution in [3.63, 3.8) is 0 Å². The van der Waals surface area contributed by atoms with E-state index in [0.717, 1.165) is 5.56 Å². The second kappa shape index (κ2) is 8.55. The zero-order chi connectivity index (χ0) is 21.8. The van der Waals surface area contributed by atoms with Gasteiger partial charge in [0.2, 0.25) is 11.8 Å². The van der Waals surface area contributed by atoms with Crippen molar-refractivity contribution >= 4 is 23.2 Å². The second-order valence-electron chi connectivity index (χ2n) is 8.40. The van der Waals surface area contributed by atoms with Crippen LogP contribution in [0.4, 0.5) is 11.4 Å². The summed E-state index contributed by atoms with van der Waals surface area (Å²) in [5, 5.41) is 5.70. The standard InChI is InChI=1S/C23H30N2O4/c1-22(2,3)16-10-8-9-11-17(16)25-21(27)23(4,5)20(26)24-15-12-13-18(28-6)19(14-15)29-7/h8-14H,1-7H3,(H,24,26)(H,25,27). The van der Waals surface area contributed by atoms with Gasteiger partial charge in [-0.2, -0.15) is 0 Å². The van der Waals surface area contributed by atoms with Crippen LogP contribution in [0, 0.1) is 5.41 Å². The highest BCUT2D eigenvalue weighted by molar-refractivity contribution is 6.14. The van der Waals surface area contributed by atoms with Crippen molar-refractivity contribution in [2.75, 3.05) is 24.9 Å². The molecular weight excluding hydrogens is 368 g/mol. The number of carbonyl (C=O) groups is 2. The van der Waals surface area contributed by atoms with Crippen molar-refractivity contribution in [2.24, 2.45) is 5.41 Å². The van der Waals surface area contributed by atoms with Gasteiger partial charge in [-0.15, -0.1) is 0 Å². The molecule has 2 aromatic carbocycles. The van der Waals surface area contributed by atoms with Crippen LogP contribution in [0.3, 0.4) is 0 Å². The van der Waals surface area contributed by atoms with E-state index in [-0.39, 0.29) is 11.3 Å². The van der Waals surface area contributed by atoms with Gasteiger partial charge in [0.1, 0.15) is 5.41 Å². The quantitative estimate of drug-likeness (QED) is 0.697. The van der Waals surface area contributed by atoms with Gasteiger partial charge < -0.3 is 20.1 Å². The lowest BCUT2D eigenvalue weighted by Crippen LogP contribution is -2.42. The first-order chi connectivity index (χ1) is 13.5. The second-order valence-corrected chi connectivity index (χ2v) is 8.40. The summed E-state index contributed by atoms with van der Waals surface area (Å²) >= 11 is 0. The third kappa shape index (κ3) is 5.08. The number of hydrogen-bond donors (Lipinski definition) is 2. The predicted octanol–water partition coefficient (Wildman–Crippen LogP) is 4.60. The first-order valence-corrected chi connectivity index (χ1v) is 9.45. The molecule has 0 saturated heterocycles. The van der Waals surface area contributed by atoms with Gasteiger partial charge in [-0.25, -0.2) is 0 Å². The van der Waals surface area contributed by atoms with Crippen LogP contribution < -0.4 is 20.1 Å². The Kier molecular flexibility index (Phi) is 6.57. The van der Waals surface area contributed by atoms with Gasteiger partial charge in [0.15, 0.2) is 11.5 Å². The maximum Gasteiger partial charge on any atom is 0.239 e. The molecule has 0 saturated carbocycles. The van der Waals surface area contributed by atoms with E-state index < -0.39 is 11.3 Å². The lowest BCUT2D eigenvalue weighted by Gasteiger charge is -2.26. The van der Waals surface area contributed by atoms with Gasteiger partial charge in [0.25, 0.3) is 0 Å². The van der Waals surface area contributed by atoms with Crippen LogP contribution in [0.5, 0.6) is 11.5 Å². The first kappa shape index (κ1) is 22.3. The lowest BCUT2D eigenvalue weighted by atomic mass is 9.85. The molecule has 0 heterocycles. The van der Waals surface area contributed by atoms with Crippen molar-refractivity contribution in [1.29, 1.82) is 0 Å². The van der Waals surface area contributed by atoms with E-state index in [4.69, 9.17) is 9.47 Å². The Morgan fingerprint density at radius 2 is 1.38 bits per heavy atom. The molecule has 2 N–H and O–H groups in total. The smallest absolute Gasteiger partial charge is 0.239 e. The van der Waals surface area contributed by atoms with Crippen molar-refractivity contribution in [2.45, 2.75) is 40.0 Å². The molecule has 0 fully saturated rings. The number of amides is 2. The number of hydrogen-bond acceptors (Lipinski definition) is 4. The number of rotatable bonds is 6. The van der Waals surface area contributed by atoms with Gasteiger partial charge in [0, 0.05) is 17.4 Å². The molecule has 6 heteroatoms. The average Bonchev–Trinajstić information content (AvgIpc) is 2.67.